The zero-order chi connectivity index (χ0) is 19.4. The van der Waals surface area contributed by atoms with Crippen LogP contribution in [-0.2, 0) is 22.6 Å². The van der Waals surface area contributed by atoms with E-state index < -0.39 is 21.6 Å². The van der Waals surface area contributed by atoms with Gasteiger partial charge in [-0.25, -0.2) is 8.42 Å². The van der Waals surface area contributed by atoms with E-state index in [-0.39, 0.29) is 29.3 Å². The lowest BCUT2D eigenvalue weighted by Crippen LogP contribution is -2.26. The van der Waals surface area contributed by atoms with Gasteiger partial charge >= 0.3 is 6.18 Å². The maximum Gasteiger partial charge on any atom is 0.416 e. The lowest BCUT2D eigenvalue weighted by Gasteiger charge is -2.20. The average Bonchev–Trinajstić information content (AvgIpc) is 2.60. The standard InChI is InChI=1S/C18H20F3NO3S/c1-22(13-14-6-3-4-9-17(14)18(19,20)21)10-11-26(23,24)16-8-5-7-15(12-16)25-2/h3-9,12H,10-11,13H2,1-2H3. The smallest absolute Gasteiger partial charge is 0.416 e. The van der Waals surface area contributed by atoms with Crippen molar-refractivity contribution in [1.29, 1.82) is 0 Å². The molecule has 142 valence electrons. The molecule has 0 heterocycles. The van der Waals surface area contributed by atoms with Crippen molar-refractivity contribution < 1.29 is 26.3 Å². The molecule has 0 fully saturated rings. The minimum absolute atomic E-state index is 0.00329. The fourth-order valence-electron chi connectivity index (χ4n) is 2.49. The summed E-state index contributed by atoms with van der Waals surface area (Å²) < 4.78 is 69.0. The molecule has 4 nitrogen and oxygen atoms in total. The number of hydrogen-bond acceptors (Lipinski definition) is 4. The molecular weight excluding hydrogens is 367 g/mol. The molecule has 0 spiro atoms. The summed E-state index contributed by atoms with van der Waals surface area (Å²) in [5, 5.41) is 0. The fourth-order valence-corrected chi connectivity index (χ4v) is 3.86. The van der Waals surface area contributed by atoms with Gasteiger partial charge < -0.3 is 9.64 Å². The molecular formula is C18H20F3NO3S. The van der Waals surface area contributed by atoms with Gasteiger partial charge in [0.25, 0.3) is 0 Å². The van der Waals surface area contributed by atoms with Gasteiger partial charge in [-0.1, -0.05) is 24.3 Å². The van der Waals surface area contributed by atoms with Crippen molar-refractivity contribution >= 4 is 9.84 Å². The molecule has 0 aliphatic heterocycles. The summed E-state index contributed by atoms with van der Waals surface area (Å²) in [7, 11) is -0.529. The Morgan fingerprint density at radius 2 is 1.77 bits per heavy atom. The van der Waals surface area contributed by atoms with E-state index in [0.717, 1.165) is 6.07 Å². The van der Waals surface area contributed by atoms with Crippen molar-refractivity contribution in [3.8, 4) is 5.75 Å². The van der Waals surface area contributed by atoms with Gasteiger partial charge in [0.15, 0.2) is 9.84 Å². The highest BCUT2D eigenvalue weighted by atomic mass is 32.2. The van der Waals surface area contributed by atoms with Crippen LogP contribution >= 0.6 is 0 Å². The SMILES string of the molecule is COc1cccc(S(=O)(=O)CCN(C)Cc2ccccc2C(F)(F)F)c1. The summed E-state index contributed by atoms with van der Waals surface area (Å²) in [6.07, 6.45) is -4.44. The largest absolute Gasteiger partial charge is 0.497 e. The predicted molar refractivity (Wildman–Crippen MR) is 92.8 cm³/mol. The molecule has 2 aromatic carbocycles. The second-order valence-electron chi connectivity index (χ2n) is 5.89. The molecule has 0 atom stereocenters. The van der Waals surface area contributed by atoms with E-state index in [0.29, 0.717) is 5.75 Å². The van der Waals surface area contributed by atoms with Crippen molar-refractivity contribution in [2.45, 2.75) is 17.6 Å². The molecule has 0 unspecified atom stereocenters. The lowest BCUT2D eigenvalue weighted by molar-refractivity contribution is -0.138. The fraction of sp³-hybridized carbons (Fsp3) is 0.333. The quantitative estimate of drug-likeness (QED) is 0.728. The van der Waals surface area contributed by atoms with Crippen LogP contribution in [0.5, 0.6) is 5.75 Å². The first kappa shape index (κ1) is 20.3. The van der Waals surface area contributed by atoms with Crippen LogP contribution in [0.25, 0.3) is 0 Å². The first-order valence-electron chi connectivity index (χ1n) is 7.84. The predicted octanol–water partition coefficient (Wildman–Crippen LogP) is 3.62. The van der Waals surface area contributed by atoms with E-state index in [1.807, 2.05) is 0 Å². The summed E-state index contributed by atoms with van der Waals surface area (Å²) in [6, 6.07) is 11.4. The normalized spacial score (nSPS) is 12.4. The van der Waals surface area contributed by atoms with Gasteiger partial charge in [-0.3, -0.25) is 0 Å². The highest BCUT2D eigenvalue weighted by Gasteiger charge is 2.33. The second-order valence-corrected chi connectivity index (χ2v) is 8.00. The number of sulfone groups is 1. The third-order valence-electron chi connectivity index (χ3n) is 3.91. The van der Waals surface area contributed by atoms with Gasteiger partial charge in [0.1, 0.15) is 5.75 Å². The molecule has 0 amide bonds. The minimum atomic E-state index is -4.44. The number of halogens is 3. The molecule has 2 rings (SSSR count). The molecule has 0 aliphatic carbocycles. The molecule has 0 aromatic heterocycles. The van der Waals surface area contributed by atoms with Gasteiger partial charge in [-0.05, 0) is 36.9 Å². The van der Waals surface area contributed by atoms with E-state index in [1.165, 1.54) is 37.4 Å². The third-order valence-corrected chi connectivity index (χ3v) is 5.60. The summed E-state index contributed by atoms with van der Waals surface area (Å²) in [4.78, 5) is 1.68. The molecule has 0 aliphatic rings. The van der Waals surface area contributed by atoms with Crippen molar-refractivity contribution in [1.82, 2.24) is 4.90 Å². The molecule has 0 N–H and O–H groups in total. The Balaban J connectivity index is 2.06. The number of ether oxygens (including phenoxy) is 1. The Hall–Kier alpha value is -2.06. The second kappa shape index (κ2) is 8.09. The molecule has 26 heavy (non-hydrogen) atoms. The Kier molecular flexibility index (Phi) is 6.30. The van der Waals surface area contributed by atoms with Crippen LogP contribution < -0.4 is 4.74 Å². The van der Waals surface area contributed by atoms with Crippen LogP contribution in [0.15, 0.2) is 53.4 Å². The summed E-state index contributed by atoms with van der Waals surface area (Å²) in [5.74, 6) is 0.226. The Bertz CT molecular complexity index is 851. The molecule has 0 bridgehead atoms. The molecule has 0 saturated heterocycles. The summed E-state index contributed by atoms with van der Waals surface area (Å²) in [6.45, 7) is 0.106. The lowest BCUT2D eigenvalue weighted by atomic mass is 10.1. The molecule has 8 heteroatoms. The van der Waals surface area contributed by atoms with Crippen LogP contribution in [0.1, 0.15) is 11.1 Å². The minimum Gasteiger partial charge on any atom is -0.497 e. The van der Waals surface area contributed by atoms with Crippen LogP contribution in [-0.4, -0.2) is 39.8 Å². The maximum atomic E-state index is 13.0. The van der Waals surface area contributed by atoms with Gasteiger partial charge in [-0.2, -0.15) is 13.2 Å². The van der Waals surface area contributed by atoms with E-state index >= 15 is 0 Å². The van der Waals surface area contributed by atoms with E-state index in [4.69, 9.17) is 4.74 Å². The first-order valence-corrected chi connectivity index (χ1v) is 9.49. The van der Waals surface area contributed by atoms with Gasteiger partial charge in [-0.15, -0.1) is 0 Å². The number of benzene rings is 2. The van der Waals surface area contributed by atoms with Crippen LogP contribution in [0, 0.1) is 0 Å². The molecule has 0 radical (unpaired) electrons. The highest BCUT2D eigenvalue weighted by molar-refractivity contribution is 7.91. The topological polar surface area (TPSA) is 46.6 Å². The van der Waals surface area contributed by atoms with Crippen molar-refractivity contribution in [2.24, 2.45) is 0 Å². The van der Waals surface area contributed by atoms with Gasteiger partial charge in [0.2, 0.25) is 0 Å². The van der Waals surface area contributed by atoms with Gasteiger partial charge in [0, 0.05) is 13.1 Å². The molecule has 0 saturated carbocycles. The monoisotopic (exact) mass is 387 g/mol. The first-order chi connectivity index (χ1) is 12.1. The third kappa shape index (κ3) is 5.22. The number of hydrogen-bond donors (Lipinski definition) is 0. The summed E-state index contributed by atoms with van der Waals surface area (Å²) in [5.41, 5.74) is -0.594. The number of rotatable bonds is 7. The highest BCUT2D eigenvalue weighted by Crippen LogP contribution is 2.32. The van der Waals surface area contributed by atoms with Crippen molar-refractivity contribution in [2.75, 3.05) is 26.5 Å². The Morgan fingerprint density at radius 3 is 2.42 bits per heavy atom. The van der Waals surface area contributed by atoms with Crippen molar-refractivity contribution in [3.05, 3.63) is 59.7 Å². The van der Waals surface area contributed by atoms with E-state index in [9.17, 15) is 21.6 Å². The number of nitrogens with zero attached hydrogens (tertiary/aromatic N) is 1. The maximum absolute atomic E-state index is 13.0. The zero-order valence-electron chi connectivity index (χ0n) is 14.5. The van der Waals surface area contributed by atoms with Crippen LogP contribution in [0.2, 0.25) is 0 Å². The van der Waals surface area contributed by atoms with E-state index in [2.05, 4.69) is 0 Å². The number of methoxy groups -OCH3 is 1. The Morgan fingerprint density at radius 1 is 1.08 bits per heavy atom. The Labute approximate surface area is 151 Å². The van der Waals surface area contributed by atoms with Crippen LogP contribution in [0.4, 0.5) is 13.2 Å². The van der Waals surface area contributed by atoms with E-state index in [1.54, 1.807) is 24.1 Å². The number of alkyl halides is 3. The van der Waals surface area contributed by atoms with Gasteiger partial charge in [0.05, 0.1) is 23.3 Å². The van der Waals surface area contributed by atoms with Crippen LogP contribution in [0.3, 0.4) is 0 Å². The zero-order valence-corrected chi connectivity index (χ0v) is 15.3. The van der Waals surface area contributed by atoms with Crippen molar-refractivity contribution in [3.63, 3.8) is 0 Å². The summed E-state index contributed by atoms with van der Waals surface area (Å²) >= 11 is 0. The molecule has 2 aromatic rings. The average molecular weight is 387 g/mol.